The van der Waals surface area contributed by atoms with Gasteiger partial charge in [-0.05, 0) is 33.1 Å². The summed E-state index contributed by atoms with van der Waals surface area (Å²) in [5.74, 6) is 0. The van der Waals surface area contributed by atoms with Crippen LogP contribution < -0.4 is 5.32 Å². The highest BCUT2D eigenvalue weighted by molar-refractivity contribution is 4.99. The minimum Gasteiger partial charge on any atom is -0.385 e. The molecule has 1 nitrogen and oxygen atoms in total. The molecule has 0 aromatic carbocycles. The number of nitrogens with one attached hydrogen (secondary N) is 1. The lowest BCUT2D eigenvalue weighted by Crippen LogP contribution is -2.14. The summed E-state index contributed by atoms with van der Waals surface area (Å²) in [6, 6.07) is 0. The molecule has 0 atom stereocenters. The van der Waals surface area contributed by atoms with E-state index >= 15 is 0 Å². The molecule has 74 valence electrons. The van der Waals surface area contributed by atoms with Crippen molar-refractivity contribution in [3.05, 3.63) is 36.6 Å². The molecule has 0 aliphatic heterocycles. The first-order valence-electron chi connectivity index (χ1n) is 4.84. The van der Waals surface area contributed by atoms with E-state index in [9.17, 15) is 0 Å². The highest BCUT2D eigenvalue weighted by Crippen LogP contribution is 2.03. The van der Waals surface area contributed by atoms with E-state index in [1.807, 2.05) is 13.8 Å². The monoisotopic (exact) mass is 179 g/mol. The molecule has 0 aromatic heterocycles. The molecule has 0 amide bonds. The molecule has 0 saturated carbocycles. The Morgan fingerprint density at radius 2 is 2.08 bits per heavy atom. The van der Waals surface area contributed by atoms with Crippen LogP contribution in [0.1, 0.15) is 33.1 Å². The number of rotatable bonds is 7. The van der Waals surface area contributed by atoms with Crippen LogP contribution >= 0.6 is 0 Å². The van der Waals surface area contributed by atoms with E-state index in [-0.39, 0.29) is 0 Å². The second-order valence-corrected chi connectivity index (χ2v) is 3.38. The standard InChI is InChI=1S/C12H21N/c1-5-6-7-8-9-12(4)13-10-11(2)3/h5-6,13H,2,4,7-10H2,1,3H3/b6-5-. The fraction of sp³-hybridized carbons (Fsp3) is 0.500. The third-order valence-corrected chi connectivity index (χ3v) is 1.73. The zero-order valence-electron chi connectivity index (χ0n) is 8.90. The summed E-state index contributed by atoms with van der Waals surface area (Å²) >= 11 is 0. The third-order valence-electron chi connectivity index (χ3n) is 1.73. The van der Waals surface area contributed by atoms with Gasteiger partial charge in [0.1, 0.15) is 0 Å². The molecule has 0 radical (unpaired) electrons. The van der Waals surface area contributed by atoms with E-state index in [2.05, 4.69) is 30.6 Å². The predicted octanol–water partition coefficient (Wildman–Crippen LogP) is 3.41. The van der Waals surface area contributed by atoms with Crippen LogP contribution in [-0.4, -0.2) is 6.54 Å². The summed E-state index contributed by atoms with van der Waals surface area (Å²) in [5, 5.41) is 3.24. The van der Waals surface area contributed by atoms with Crippen LogP contribution in [0.2, 0.25) is 0 Å². The summed E-state index contributed by atoms with van der Waals surface area (Å²) in [4.78, 5) is 0. The molecule has 0 aliphatic carbocycles. The zero-order valence-corrected chi connectivity index (χ0v) is 8.90. The Kier molecular flexibility index (Phi) is 7.08. The van der Waals surface area contributed by atoms with Gasteiger partial charge in [-0.15, -0.1) is 0 Å². The van der Waals surface area contributed by atoms with Crippen LogP contribution in [0.15, 0.2) is 36.6 Å². The second-order valence-electron chi connectivity index (χ2n) is 3.38. The first-order chi connectivity index (χ1) is 6.16. The van der Waals surface area contributed by atoms with Crippen LogP contribution in [0.3, 0.4) is 0 Å². The fourth-order valence-electron chi connectivity index (χ4n) is 0.964. The lowest BCUT2D eigenvalue weighted by Gasteiger charge is -2.08. The van der Waals surface area contributed by atoms with Gasteiger partial charge in [-0.3, -0.25) is 0 Å². The second kappa shape index (κ2) is 7.66. The van der Waals surface area contributed by atoms with Crippen LogP contribution in [-0.2, 0) is 0 Å². The molecule has 0 aromatic rings. The zero-order chi connectivity index (χ0) is 10.1. The van der Waals surface area contributed by atoms with Crippen molar-refractivity contribution in [2.24, 2.45) is 0 Å². The molecule has 0 saturated heterocycles. The Balaban J connectivity index is 3.35. The van der Waals surface area contributed by atoms with Crippen LogP contribution in [0.5, 0.6) is 0 Å². The van der Waals surface area contributed by atoms with E-state index in [4.69, 9.17) is 0 Å². The molecular formula is C12H21N. The molecule has 0 unspecified atom stereocenters. The summed E-state index contributed by atoms with van der Waals surface area (Å²) in [5.41, 5.74) is 2.27. The van der Waals surface area contributed by atoms with E-state index in [1.165, 1.54) is 6.42 Å². The van der Waals surface area contributed by atoms with E-state index in [0.29, 0.717) is 0 Å². The van der Waals surface area contributed by atoms with Gasteiger partial charge in [-0.25, -0.2) is 0 Å². The highest BCUT2D eigenvalue weighted by atomic mass is 14.9. The molecule has 0 fully saturated rings. The van der Waals surface area contributed by atoms with E-state index in [0.717, 1.165) is 30.7 Å². The SMILES string of the molecule is C=C(C)CNC(=C)CCC/C=C\C. The van der Waals surface area contributed by atoms with Gasteiger partial charge in [-0.1, -0.05) is 30.9 Å². The van der Waals surface area contributed by atoms with Crippen molar-refractivity contribution in [3.8, 4) is 0 Å². The van der Waals surface area contributed by atoms with Gasteiger partial charge >= 0.3 is 0 Å². The first kappa shape index (κ1) is 12.0. The maximum atomic E-state index is 3.95. The number of unbranched alkanes of at least 4 members (excludes halogenated alkanes) is 1. The van der Waals surface area contributed by atoms with Gasteiger partial charge in [0.25, 0.3) is 0 Å². The Morgan fingerprint density at radius 3 is 2.62 bits per heavy atom. The molecule has 0 rings (SSSR count). The Bertz CT molecular complexity index is 189. The first-order valence-corrected chi connectivity index (χ1v) is 4.84. The smallest absolute Gasteiger partial charge is 0.0351 e. The molecule has 0 spiro atoms. The maximum Gasteiger partial charge on any atom is 0.0351 e. The number of allylic oxidation sites excluding steroid dienone is 3. The topological polar surface area (TPSA) is 12.0 Å². The van der Waals surface area contributed by atoms with Crippen LogP contribution in [0.25, 0.3) is 0 Å². The largest absolute Gasteiger partial charge is 0.385 e. The van der Waals surface area contributed by atoms with Gasteiger partial charge in [-0.2, -0.15) is 0 Å². The Hall–Kier alpha value is -0.980. The molecule has 0 bridgehead atoms. The number of hydrogen-bond donors (Lipinski definition) is 1. The summed E-state index contributed by atoms with van der Waals surface area (Å²) in [6.07, 6.45) is 7.64. The predicted molar refractivity (Wildman–Crippen MR) is 60.6 cm³/mol. The van der Waals surface area contributed by atoms with Crippen molar-refractivity contribution in [2.75, 3.05) is 6.54 Å². The lowest BCUT2D eigenvalue weighted by molar-refractivity contribution is 0.747. The fourth-order valence-corrected chi connectivity index (χ4v) is 0.964. The Morgan fingerprint density at radius 1 is 1.38 bits per heavy atom. The van der Waals surface area contributed by atoms with E-state index < -0.39 is 0 Å². The van der Waals surface area contributed by atoms with Gasteiger partial charge in [0.05, 0.1) is 0 Å². The van der Waals surface area contributed by atoms with Crippen molar-refractivity contribution in [1.29, 1.82) is 0 Å². The molecule has 0 heterocycles. The Labute approximate surface area is 82.2 Å². The summed E-state index contributed by atoms with van der Waals surface area (Å²) < 4.78 is 0. The van der Waals surface area contributed by atoms with Crippen LogP contribution in [0, 0.1) is 0 Å². The van der Waals surface area contributed by atoms with Crippen molar-refractivity contribution in [1.82, 2.24) is 5.32 Å². The lowest BCUT2D eigenvalue weighted by atomic mass is 10.2. The number of hydrogen-bond acceptors (Lipinski definition) is 1. The minimum absolute atomic E-state index is 0.850. The molecular weight excluding hydrogens is 158 g/mol. The average Bonchev–Trinajstić information content (AvgIpc) is 2.09. The van der Waals surface area contributed by atoms with E-state index in [1.54, 1.807) is 0 Å². The summed E-state index contributed by atoms with van der Waals surface area (Å²) in [7, 11) is 0. The van der Waals surface area contributed by atoms with Gasteiger partial charge < -0.3 is 5.32 Å². The third kappa shape index (κ3) is 8.93. The van der Waals surface area contributed by atoms with Gasteiger partial charge in [0.2, 0.25) is 0 Å². The van der Waals surface area contributed by atoms with Crippen molar-refractivity contribution in [2.45, 2.75) is 33.1 Å². The van der Waals surface area contributed by atoms with Crippen molar-refractivity contribution in [3.63, 3.8) is 0 Å². The molecule has 1 N–H and O–H groups in total. The highest BCUT2D eigenvalue weighted by Gasteiger charge is 1.92. The molecule has 0 aliphatic rings. The molecule has 13 heavy (non-hydrogen) atoms. The van der Waals surface area contributed by atoms with Crippen molar-refractivity contribution < 1.29 is 0 Å². The normalized spacial score (nSPS) is 10.3. The summed E-state index contributed by atoms with van der Waals surface area (Å²) in [6.45, 7) is 12.7. The van der Waals surface area contributed by atoms with Gasteiger partial charge in [0.15, 0.2) is 0 Å². The quantitative estimate of drug-likeness (QED) is 0.466. The maximum absolute atomic E-state index is 3.95. The molecule has 1 heteroatoms. The van der Waals surface area contributed by atoms with Crippen LogP contribution in [0.4, 0.5) is 0 Å². The van der Waals surface area contributed by atoms with Crippen molar-refractivity contribution >= 4 is 0 Å². The van der Waals surface area contributed by atoms with Gasteiger partial charge in [0, 0.05) is 12.2 Å². The minimum atomic E-state index is 0.850. The average molecular weight is 179 g/mol.